The molecular formula is C22H26N4O4. The molecule has 1 aliphatic rings. The number of likely N-dealkylation sites (tertiary alicyclic amines) is 1. The third-order valence-corrected chi connectivity index (χ3v) is 5.33. The second-order valence-electron chi connectivity index (χ2n) is 7.32. The number of aryl methyl sites for hydroxylation is 1. The SMILES string of the molecule is COc1ccc(-c2noc(CCC(=O)NCC(c3ccco3)N3CCCC3)n2)cc1. The number of furan rings is 1. The minimum Gasteiger partial charge on any atom is -0.497 e. The number of ether oxygens (including phenoxy) is 1. The molecule has 3 aromatic rings. The summed E-state index contributed by atoms with van der Waals surface area (Å²) in [5.74, 6) is 2.55. The topological polar surface area (TPSA) is 93.6 Å². The number of carbonyl (C=O) groups is 1. The van der Waals surface area contributed by atoms with Gasteiger partial charge in [-0.2, -0.15) is 4.98 Å². The van der Waals surface area contributed by atoms with Crippen LogP contribution < -0.4 is 10.1 Å². The van der Waals surface area contributed by atoms with Crippen molar-refractivity contribution < 1.29 is 18.5 Å². The second-order valence-corrected chi connectivity index (χ2v) is 7.32. The van der Waals surface area contributed by atoms with Crippen molar-refractivity contribution in [1.29, 1.82) is 0 Å². The molecule has 8 heteroatoms. The van der Waals surface area contributed by atoms with Gasteiger partial charge in [0.05, 0.1) is 19.4 Å². The number of amides is 1. The smallest absolute Gasteiger partial charge is 0.227 e. The maximum atomic E-state index is 12.4. The first-order valence-corrected chi connectivity index (χ1v) is 10.2. The zero-order valence-electron chi connectivity index (χ0n) is 17.0. The van der Waals surface area contributed by atoms with Gasteiger partial charge >= 0.3 is 0 Å². The van der Waals surface area contributed by atoms with Crippen LogP contribution in [0.4, 0.5) is 0 Å². The minimum atomic E-state index is -0.0463. The van der Waals surface area contributed by atoms with Crippen LogP contribution in [0.3, 0.4) is 0 Å². The van der Waals surface area contributed by atoms with Crippen LogP contribution in [0.2, 0.25) is 0 Å². The first kappa shape index (κ1) is 20.2. The first-order valence-electron chi connectivity index (χ1n) is 10.2. The van der Waals surface area contributed by atoms with Crippen molar-refractivity contribution >= 4 is 5.91 Å². The summed E-state index contributed by atoms with van der Waals surface area (Å²) in [7, 11) is 1.62. The van der Waals surface area contributed by atoms with Crippen LogP contribution in [0.1, 0.15) is 37.0 Å². The fourth-order valence-corrected chi connectivity index (χ4v) is 3.68. The molecule has 0 aliphatic carbocycles. The number of rotatable bonds is 9. The van der Waals surface area contributed by atoms with Gasteiger partial charge in [-0.3, -0.25) is 9.69 Å². The number of methoxy groups -OCH3 is 1. The highest BCUT2D eigenvalue weighted by Gasteiger charge is 2.26. The molecule has 1 unspecified atom stereocenters. The minimum absolute atomic E-state index is 0.0463. The van der Waals surface area contributed by atoms with Gasteiger partial charge in [0.1, 0.15) is 11.5 Å². The number of nitrogens with zero attached hydrogens (tertiary/aromatic N) is 3. The van der Waals surface area contributed by atoms with Gasteiger partial charge < -0.3 is 19.0 Å². The Morgan fingerprint density at radius 3 is 2.73 bits per heavy atom. The molecule has 0 spiro atoms. The molecule has 3 heterocycles. The molecule has 1 N–H and O–H groups in total. The van der Waals surface area contributed by atoms with Gasteiger partial charge in [-0.1, -0.05) is 5.16 Å². The highest BCUT2D eigenvalue weighted by atomic mass is 16.5. The number of aromatic nitrogens is 2. The Morgan fingerprint density at radius 2 is 2.03 bits per heavy atom. The number of nitrogens with one attached hydrogen (secondary N) is 1. The van der Waals surface area contributed by atoms with E-state index in [0.29, 0.717) is 24.7 Å². The lowest BCUT2D eigenvalue weighted by Gasteiger charge is -2.25. The van der Waals surface area contributed by atoms with E-state index >= 15 is 0 Å². The average Bonchev–Trinajstić information content (AvgIpc) is 3.56. The summed E-state index contributed by atoms with van der Waals surface area (Å²) in [6.45, 7) is 2.57. The van der Waals surface area contributed by atoms with Crippen molar-refractivity contribution in [3.63, 3.8) is 0 Å². The van der Waals surface area contributed by atoms with Crippen molar-refractivity contribution in [3.8, 4) is 17.1 Å². The van der Waals surface area contributed by atoms with E-state index in [0.717, 1.165) is 30.2 Å². The Morgan fingerprint density at radius 1 is 1.23 bits per heavy atom. The molecule has 2 aromatic heterocycles. The Kier molecular flexibility index (Phi) is 6.44. The summed E-state index contributed by atoms with van der Waals surface area (Å²) < 4.78 is 16.0. The lowest BCUT2D eigenvalue weighted by atomic mass is 10.2. The lowest BCUT2D eigenvalue weighted by Crippen LogP contribution is -2.36. The zero-order valence-corrected chi connectivity index (χ0v) is 17.0. The van der Waals surface area contributed by atoms with E-state index in [1.807, 2.05) is 36.4 Å². The summed E-state index contributed by atoms with van der Waals surface area (Å²) in [5.41, 5.74) is 0.835. The average molecular weight is 410 g/mol. The van der Waals surface area contributed by atoms with Gasteiger partial charge in [-0.15, -0.1) is 0 Å². The zero-order chi connectivity index (χ0) is 20.8. The highest BCUT2D eigenvalue weighted by molar-refractivity contribution is 5.76. The molecule has 0 bridgehead atoms. The van der Waals surface area contributed by atoms with E-state index in [1.165, 1.54) is 12.8 Å². The second kappa shape index (κ2) is 9.58. The van der Waals surface area contributed by atoms with Gasteiger partial charge in [-0.05, 0) is 62.3 Å². The van der Waals surface area contributed by atoms with Crippen LogP contribution >= 0.6 is 0 Å². The van der Waals surface area contributed by atoms with Crippen molar-refractivity contribution in [2.24, 2.45) is 0 Å². The van der Waals surface area contributed by atoms with Crippen LogP contribution in [0, 0.1) is 0 Å². The Hall–Kier alpha value is -3.13. The van der Waals surface area contributed by atoms with Crippen molar-refractivity contribution in [1.82, 2.24) is 20.4 Å². The molecule has 1 fully saturated rings. The van der Waals surface area contributed by atoms with Gasteiger partial charge in [0.15, 0.2) is 0 Å². The summed E-state index contributed by atoms with van der Waals surface area (Å²) in [5, 5.41) is 7.03. The normalized spacial score (nSPS) is 15.2. The Bertz CT molecular complexity index is 930. The van der Waals surface area contributed by atoms with Crippen molar-refractivity contribution in [2.75, 3.05) is 26.7 Å². The third-order valence-electron chi connectivity index (χ3n) is 5.33. The third kappa shape index (κ3) is 4.88. The highest BCUT2D eigenvalue weighted by Crippen LogP contribution is 2.25. The van der Waals surface area contributed by atoms with E-state index in [-0.39, 0.29) is 18.4 Å². The largest absolute Gasteiger partial charge is 0.497 e. The van der Waals surface area contributed by atoms with E-state index in [1.54, 1.807) is 13.4 Å². The maximum absolute atomic E-state index is 12.4. The molecule has 30 heavy (non-hydrogen) atoms. The van der Waals surface area contributed by atoms with Gasteiger partial charge in [0.25, 0.3) is 0 Å². The Labute approximate surface area is 175 Å². The maximum Gasteiger partial charge on any atom is 0.227 e. The first-order chi connectivity index (χ1) is 14.7. The molecule has 1 saturated heterocycles. The molecule has 158 valence electrons. The molecular weight excluding hydrogens is 384 g/mol. The van der Waals surface area contributed by atoms with Crippen molar-refractivity contribution in [2.45, 2.75) is 31.7 Å². The molecule has 1 aliphatic heterocycles. The molecule has 8 nitrogen and oxygen atoms in total. The predicted molar refractivity (Wildman–Crippen MR) is 110 cm³/mol. The van der Waals surface area contributed by atoms with Gasteiger partial charge in [0.2, 0.25) is 17.6 Å². The molecule has 0 saturated carbocycles. The summed E-state index contributed by atoms with van der Waals surface area (Å²) >= 11 is 0. The standard InChI is InChI=1S/C22H26N4O4/c1-28-17-8-6-16(7-9-17)22-24-21(30-25-22)11-10-20(27)23-15-18(19-5-4-14-29-19)26-12-2-3-13-26/h4-9,14,18H,2-3,10-13,15H2,1H3,(H,23,27). The van der Waals surface area contributed by atoms with Crippen LogP contribution in [0.5, 0.6) is 5.75 Å². The quantitative estimate of drug-likeness (QED) is 0.579. The summed E-state index contributed by atoms with van der Waals surface area (Å²) in [4.78, 5) is 19.1. The summed E-state index contributed by atoms with van der Waals surface area (Å²) in [6, 6.07) is 11.3. The molecule has 4 rings (SSSR count). The van der Waals surface area contributed by atoms with E-state index < -0.39 is 0 Å². The number of benzene rings is 1. The van der Waals surface area contributed by atoms with Gasteiger partial charge in [-0.25, -0.2) is 0 Å². The van der Waals surface area contributed by atoms with Crippen molar-refractivity contribution in [3.05, 3.63) is 54.3 Å². The summed E-state index contributed by atoms with van der Waals surface area (Å²) in [6.07, 6.45) is 4.72. The number of carbonyl (C=O) groups excluding carboxylic acids is 1. The van der Waals surface area contributed by atoms with E-state index in [2.05, 4.69) is 20.4 Å². The van der Waals surface area contributed by atoms with E-state index in [4.69, 9.17) is 13.7 Å². The number of hydrogen-bond acceptors (Lipinski definition) is 7. The number of hydrogen-bond donors (Lipinski definition) is 1. The van der Waals surface area contributed by atoms with Gasteiger partial charge in [0, 0.05) is 24.9 Å². The fraction of sp³-hybridized carbons (Fsp3) is 0.409. The molecule has 1 amide bonds. The van der Waals surface area contributed by atoms with Crippen LogP contribution in [-0.4, -0.2) is 47.7 Å². The Balaban J connectivity index is 1.28. The van der Waals surface area contributed by atoms with Crippen LogP contribution in [-0.2, 0) is 11.2 Å². The molecule has 1 aromatic carbocycles. The molecule has 0 radical (unpaired) electrons. The van der Waals surface area contributed by atoms with Crippen LogP contribution in [0.25, 0.3) is 11.4 Å². The fourth-order valence-electron chi connectivity index (χ4n) is 3.68. The van der Waals surface area contributed by atoms with Crippen LogP contribution in [0.15, 0.2) is 51.6 Å². The predicted octanol–water partition coefficient (Wildman–Crippen LogP) is 3.22. The lowest BCUT2D eigenvalue weighted by molar-refractivity contribution is -0.121. The van der Waals surface area contributed by atoms with E-state index in [9.17, 15) is 4.79 Å². The monoisotopic (exact) mass is 410 g/mol. The molecule has 1 atom stereocenters.